The van der Waals surface area contributed by atoms with Crippen LogP contribution in [-0.2, 0) is 11.3 Å². The molecule has 1 atom stereocenters. The van der Waals surface area contributed by atoms with Crippen LogP contribution in [0.3, 0.4) is 0 Å². The van der Waals surface area contributed by atoms with Crippen molar-refractivity contribution in [2.45, 2.75) is 19.6 Å². The molecule has 10 heteroatoms. The molecule has 1 fully saturated rings. The second-order valence-corrected chi connectivity index (χ2v) is 8.15. The first-order valence-corrected chi connectivity index (χ1v) is 10.8. The highest BCUT2D eigenvalue weighted by Gasteiger charge is 2.31. The first kappa shape index (κ1) is 21.5. The molecule has 0 aliphatic carbocycles. The molecule has 0 bridgehead atoms. The summed E-state index contributed by atoms with van der Waals surface area (Å²) < 4.78 is 6.76. The Bertz CT molecular complexity index is 982. The summed E-state index contributed by atoms with van der Waals surface area (Å²) in [5.41, 5.74) is 1.65. The molecule has 2 aliphatic rings. The predicted octanol–water partition coefficient (Wildman–Crippen LogP) is 2.33. The zero-order valence-corrected chi connectivity index (χ0v) is 18.8. The van der Waals surface area contributed by atoms with Crippen LogP contribution in [0.4, 0.5) is 10.6 Å². The topological polar surface area (TPSA) is 87.0 Å². The maximum absolute atomic E-state index is 11.6. The van der Waals surface area contributed by atoms with E-state index >= 15 is 0 Å². The Morgan fingerprint density at radius 3 is 2.74 bits per heavy atom. The van der Waals surface area contributed by atoms with Crippen LogP contribution in [0, 0.1) is 0 Å². The highest BCUT2D eigenvalue weighted by atomic mass is 35.5. The molecule has 1 amide bonds. The van der Waals surface area contributed by atoms with Crippen molar-refractivity contribution >= 4 is 29.3 Å². The van der Waals surface area contributed by atoms with Crippen molar-refractivity contribution in [1.29, 1.82) is 0 Å². The number of alkyl carbamates (subject to hydrolysis) is 1. The molecule has 2 aliphatic heterocycles. The quantitative estimate of drug-likeness (QED) is 0.751. The fourth-order valence-electron chi connectivity index (χ4n) is 3.89. The SMILES string of the molecule is COC(=O)NCCn1c(-c2ccccc2Cl)nc2c1NC(C)N=C2N1CCN(C)CC1. The number of anilines is 1. The number of nitrogens with zero attached hydrogens (tertiary/aromatic N) is 5. The number of halogens is 1. The van der Waals surface area contributed by atoms with Crippen LogP contribution in [-0.4, -0.2) is 84.3 Å². The molecule has 0 saturated carbocycles. The number of imidazole rings is 1. The summed E-state index contributed by atoms with van der Waals surface area (Å²) in [6, 6.07) is 7.65. The molecule has 1 aromatic carbocycles. The van der Waals surface area contributed by atoms with Gasteiger partial charge in [0.05, 0.1) is 12.1 Å². The van der Waals surface area contributed by atoms with Gasteiger partial charge in [-0.1, -0.05) is 23.7 Å². The number of piperazine rings is 1. The van der Waals surface area contributed by atoms with Crippen LogP contribution in [0.5, 0.6) is 0 Å². The maximum Gasteiger partial charge on any atom is 0.406 e. The Morgan fingerprint density at radius 2 is 2.03 bits per heavy atom. The van der Waals surface area contributed by atoms with Crippen molar-refractivity contribution in [3.8, 4) is 11.4 Å². The number of aromatic nitrogens is 2. The molecular weight excluding hydrogens is 418 g/mol. The molecule has 4 rings (SSSR count). The number of benzene rings is 1. The smallest absolute Gasteiger partial charge is 0.406 e. The van der Waals surface area contributed by atoms with Crippen molar-refractivity contribution in [3.05, 3.63) is 35.0 Å². The molecule has 0 spiro atoms. The van der Waals surface area contributed by atoms with Crippen LogP contribution in [0.15, 0.2) is 29.3 Å². The third kappa shape index (κ3) is 4.47. The Balaban J connectivity index is 1.74. The van der Waals surface area contributed by atoms with E-state index in [2.05, 4.69) is 32.0 Å². The molecule has 2 N–H and O–H groups in total. The van der Waals surface area contributed by atoms with Crippen LogP contribution >= 0.6 is 11.6 Å². The standard InChI is InChI=1S/C21H28ClN7O2/c1-14-24-19(28-12-10-27(2)11-13-28)17-20(25-14)29(9-8-23-21(30)31-3)18(26-17)15-6-4-5-7-16(15)22/h4-7,14,25H,8-13H2,1-3H3,(H,23,30). The zero-order valence-electron chi connectivity index (χ0n) is 18.1. The van der Waals surface area contributed by atoms with E-state index in [1.807, 2.05) is 31.2 Å². The van der Waals surface area contributed by atoms with Crippen LogP contribution < -0.4 is 10.6 Å². The first-order valence-electron chi connectivity index (χ1n) is 10.4. The third-order valence-corrected chi connectivity index (χ3v) is 5.88. The lowest BCUT2D eigenvalue weighted by Gasteiger charge is -2.36. The number of hydrogen-bond donors (Lipinski definition) is 2. The van der Waals surface area contributed by atoms with Crippen molar-refractivity contribution in [3.63, 3.8) is 0 Å². The summed E-state index contributed by atoms with van der Waals surface area (Å²) in [6.45, 7) is 6.70. The maximum atomic E-state index is 11.6. The Kier molecular flexibility index (Phi) is 6.33. The lowest BCUT2D eigenvalue weighted by atomic mass is 10.2. The van der Waals surface area contributed by atoms with E-state index in [4.69, 9.17) is 26.3 Å². The monoisotopic (exact) mass is 445 g/mol. The summed E-state index contributed by atoms with van der Waals surface area (Å²) in [4.78, 5) is 26.0. The second kappa shape index (κ2) is 9.15. The number of fused-ring (bicyclic) bond motifs is 1. The highest BCUT2D eigenvalue weighted by molar-refractivity contribution is 6.33. The summed E-state index contributed by atoms with van der Waals surface area (Å²) >= 11 is 6.52. The van der Waals surface area contributed by atoms with Gasteiger partial charge in [0.1, 0.15) is 23.5 Å². The number of hydrogen-bond acceptors (Lipinski definition) is 7. The number of carbonyl (C=O) groups is 1. The van der Waals surface area contributed by atoms with Gasteiger partial charge in [0, 0.05) is 44.8 Å². The van der Waals surface area contributed by atoms with Gasteiger partial charge in [-0.25, -0.2) is 14.8 Å². The fourth-order valence-corrected chi connectivity index (χ4v) is 4.11. The Labute approximate surface area is 187 Å². The molecule has 1 unspecified atom stereocenters. The number of rotatable bonds is 4. The number of carbonyl (C=O) groups excluding carboxylic acids is 1. The molecule has 166 valence electrons. The van der Waals surface area contributed by atoms with Crippen LogP contribution in [0.1, 0.15) is 12.6 Å². The largest absolute Gasteiger partial charge is 0.453 e. The normalized spacial score (nSPS) is 18.8. The van der Waals surface area contributed by atoms with Gasteiger partial charge in [-0.05, 0) is 26.1 Å². The number of likely N-dealkylation sites (N-methyl/N-ethyl adjacent to an activating group) is 1. The van der Waals surface area contributed by atoms with Gasteiger partial charge < -0.3 is 29.7 Å². The van der Waals surface area contributed by atoms with Gasteiger partial charge in [-0.15, -0.1) is 0 Å². The van der Waals surface area contributed by atoms with E-state index in [1.165, 1.54) is 7.11 Å². The van der Waals surface area contributed by atoms with Gasteiger partial charge >= 0.3 is 6.09 Å². The fraction of sp³-hybridized carbons (Fsp3) is 0.476. The number of amides is 1. The van der Waals surface area contributed by atoms with E-state index in [1.54, 1.807) is 0 Å². The molecule has 3 heterocycles. The number of amidine groups is 1. The molecule has 1 aromatic heterocycles. The van der Waals surface area contributed by atoms with E-state index in [-0.39, 0.29) is 6.17 Å². The van der Waals surface area contributed by atoms with E-state index < -0.39 is 6.09 Å². The summed E-state index contributed by atoms with van der Waals surface area (Å²) in [6.07, 6.45) is -0.556. The lowest BCUT2D eigenvalue weighted by molar-refractivity contribution is 0.170. The van der Waals surface area contributed by atoms with E-state index in [9.17, 15) is 4.79 Å². The minimum Gasteiger partial charge on any atom is -0.453 e. The van der Waals surface area contributed by atoms with Gasteiger partial charge in [0.2, 0.25) is 0 Å². The van der Waals surface area contributed by atoms with Gasteiger partial charge in [0.25, 0.3) is 0 Å². The first-order chi connectivity index (χ1) is 15.0. The average Bonchev–Trinajstić information content (AvgIpc) is 3.12. The molecule has 9 nitrogen and oxygen atoms in total. The van der Waals surface area contributed by atoms with Crippen molar-refractivity contribution in [2.24, 2.45) is 4.99 Å². The van der Waals surface area contributed by atoms with Crippen molar-refractivity contribution < 1.29 is 9.53 Å². The predicted molar refractivity (Wildman–Crippen MR) is 122 cm³/mol. The number of nitrogens with one attached hydrogen (secondary N) is 2. The van der Waals surface area contributed by atoms with Gasteiger partial charge in [0.15, 0.2) is 5.84 Å². The van der Waals surface area contributed by atoms with Crippen LogP contribution in [0.2, 0.25) is 5.02 Å². The minimum absolute atomic E-state index is 0.0923. The Hall–Kier alpha value is -2.78. The van der Waals surface area contributed by atoms with Crippen molar-refractivity contribution in [2.75, 3.05) is 52.2 Å². The summed E-state index contributed by atoms with van der Waals surface area (Å²) in [7, 11) is 3.49. The summed E-state index contributed by atoms with van der Waals surface area (Å²) in [5, 5.41) is 6.82. The number of methoxy groups -OCH3 is 1. The summed E-state index contributed by atoms with van der Waals surface area (Å²) in [5.74, 6) is 2.53. The lowest BCUT2D eigenvalue weighted by Crippen LogP contribution is -2.49. The molecule has 0 radical (unpaired) electrons. The second-order valence-electron chi connectivity index (χ2n) is 7.75. The van der Waals surface area contributed by atoms with Gasteiger partial charge in [-0.2, -0.15) is 0 Å². The van der Waals surface area contributed by atoms with E-state index in [0.29, 0.717) is 18.1 Å². The van der Waals surface area contributed by atoms with Gasteiger partial charge in [-0.3, -0.25) is 0 Å². The third-order valence-electron chi connectivity index (χ3n) is 5.55. The Morgan fingerprint density at radius 1 is 1.29 bits per heavy atom. The molecular formula is C21H28ClN7O2. The van der Waals surface area contributed by atoms with Crippen molar-refractivity contribution in [1.82, 2.24) is 24.7 Å². The average molecular weight is 446 g/mol. The molecule has 1 saturated heterocycles. The molecule has 31 heavy (non-hydrogen) atoms. The minimum atomic E-state index is -0.464. The molecule has 2 aromatic rings. The number of ether oxygens (including phenoxy) is 1. The number of aliphatic imine (C=N–C) groups is 1. The zero-order chi connectivity index (χ0) is 22.0. The highest BCUT2D eigenvalue weighted by Crippen LogP contribution is 2.34. The van der Waals surface area contributed by atoms with Crippen LogP contribution in [0.25, 0.3) is 11.4 Å². The van der Waals surface area contributed by atoms with E-state index in [0.717, 1.165) is 54.9 Å².